The van der Waals surface area contributed by atoms with Crippen molar-refractivity contribution >= 4 is 17.7 Å². The molecular formula is C19H22N2OS. The van der Waals surface area contributed by atoms with Gasteiger partial charge in [0.15, 0.2) is 0 Å². The van der Waals surface area contributed by atoms with E-state index >= 15 is 0 Å². The van der Waals surface area contributed by atoms with E-state index in [9.17, 15) is 4.79 Å². The largest absolute Gasteiger partial charge is 0.335 e. The minimum absolute atomic E-state index is 0.252. The third-order valence-electron chi connectivity index (χ3n) is 3.99. The van der Waals surface area contributed by atoms with Gasteiger partial charge < -0.3 is 4.90 Å². The topological polar surface area (TPSA) is 33.2 Å². The molecule has 0 aliphatic heterocycles. The Bertz CT molecular complexity index is 655. The summed E-state index contributed by atoms with van der Waals surface area (Å²) in [5.41, 5.74) is 3.71. The zero-order valence-corrected chi connectivity index (χ0v) is 14.3. The zero-order valence-electron chi connectivity index (χ0n) is 13.4. The van der Waals surface area contributed by atoms with Crippen LogP contribution < -0.4 is 0 Å². The number of carbonyl (C=O) groups is 1. The molecule has 1 aromatic carbocycles. The number of hydrogen-bond donors (Lipinski definition) is 0. The second-order valence-corrected chi connectivity index (χ2v) is 7.08. The molecule has 0 N–H and O–H groups in total. The number of rotatable bonds is 7. The lowest BCUT2D eigenvalue weighted by molar-refractivity contribution is -0.129. The number of amides is 1. The number of aromatic nitrogens is 1. The maximum atomic E-state index is 12.6. The first kappa shape index (κ1) is 16.1. The van der Waals surface area contributed by atoms with Crippen LogP contribution in [0.15, 0.2) is 48.8 Å². The van der Waals surface area contributed by atoms with Crippen LogP contribution in [0.2, 0.25) is 0 Å². The molecule has 1 heterocycles. The Kier molecular flexibility index (Phi) is 5.34. The predicted molar refractivity (Wildman–Crippen MR) is 95.2 cm³/mol. The lowest BCUT2D eigenvalue weighted by atomic mass is 10.2. The highest BCUT2D eigenvalue weighted by molar-refractivity contribution is 7.99. The van der Waals surface area contributed by atoms with E-state index in [1.807, 2.05) is 17.0 Å². The fraction of sp³-hybridized carbons (Fsp3) is 0.368. The smallest absolute Gasteiger partial charge is 0.233 e. The molecule has 1 aliphatic carbocycles. The maximum Gasteiger partial charge on any atom is 0.233 e. The van der Waals surface area contributed by atoms with Crippen molar-refractivity contribution in [2.45, 2.75) is 38.1 Å². The monoisotopic (exact) mass is 326 g/mol. The maximum absolute atomic E-state index is 12.6. The Morgan fingerprint density at radius 3 is 2.70 bits per heavy atom. The third-order valence-corrected chi connectivity index (χ3v) is 4.98. The van der Waals surface area contributed by atoms with E-state index in [4.69, 9.17) is 0 Å². The molecule has 23 heavy (non-hydrogen) atoms. The van der Waals surface area contributed by atoms with Crippen LogP contribution in [0.5, 0.6) is 0 Å². The van der Waals surface area contributed by atoms with E-state index in [0.29, 0.717) is 18.3 Å². The summed E-state index contributed by atoms with van der Waals surface area (Å²) in [5.74, 6) is 1.69. The molecule has 3 nitrogen and oxygen atoms in total. The van der Waals surface area contributed by atoms with Crippen molar-refractivity contribution < 1.29 is 4.79 Å². The van der Waals surface area contributed by atoms with Gasteiger partial charge in [-0.2, -0.15) is 0 Å². The molecule has 1 amide bonds. The van der Waals surface area contributed by atoms with Gasteiger partial charge in [0.2, 0.25) is 5.91 Å². The molecule has 2 aromatic rings. The predicted octanol–water partition coefficient (Wildman–Crippen LogP) is 3.81. The van der Waals surface area contributed by atoms with Crippen molar-refractivity contribution in [1.29, 1.82) is 0 Å². The van der Waals surface area contributed by atoms with Crippen molar-refractivity contribution in [1.82, 2.24) is 9.88 Å². The average molecular weight is 326 g/mol. The first-order valence-electron chi connectivity index (χ1n) is 8.04. The van der Waals surface area contributed by atoms with Gasteiger partial charge in [0.1, 0.15) is 0 Å². The number of hydrogen-bond acceptors (Lipinski definition) is 3. The van der Waals surface area contributed by atoms with Crippen LogP contribution in [-0.4, -0.2) is 27.6 Å². The van der Waals surface area contributed by atoms with E-state index in [1.165, 1.54) is 11.1 Å². The van der Waals surface area contributed by atoms with Gasteiger partial charge in [-0.1, -0.05) is 29.8 Å². The molecule has 4 heteroatoms. The summed E-state index contributed by atoms with van der Waals surface area (Å²) in [5, 5.41) is 0. The van der Waals surface area contributed by atoms with Gasteiger partial charge in [0.05, 0.1) is 5.75 Å². The molecule has 3 rings (SSSR count). The summed E-state index contributed by atoms with van der Waals surface area (Å²) in [4.78, 5) is 18.7. The van der Waals surface area contributed by atoms with Crippen molar-refractivity contribution in [2.24, 2.45) is 0 Å². The highest BCUT2D eigenvalue weighted by atomic mass is 32.2. The summed E-state index contributed by atoms with van der Waals surface area (Å²) < 4.78 is 0. The molecule has 0 unspecified atom stereocenters. The highest BCUT2D eigenvalue weighted by Crippen LogP contribution is 2.29. The molecule has 1 aromatic heterocycles. The van der Waals surface area contributed by atoms with E-state index in [1.54, 1.807) is 24.2 Å². The Morgan fingerprint density at radius 1 is 1.22 bits per heavy atom. The number of aryl methyl sites for hydroxylation is 1. The summed E-state index contributed by atoms with van der Waals surface area (Å²) in [6, 6.07) is 12.9. The van der Waals surface area contributed by atoms with Gasteiger partial charge in [0, 0.05) is 30.7 Å². The van der Waals surface area contributed by atoms with Crippen LogP contribution in [0.4, 0.5) is 0 Å². The molecule has 1 saturated carbocycles. The molecular weight excluding hydrogens is 304 g/mol. The van der Waals surface area contributed by atoms with Gasteiger partial charge in [-0.3, -0.25) is 9.78 Å². The Morgan fingerprint density at radius 2 is 2.00 bits per heavy atom. The molecule has 0 bridgehead atoms. The Balaban J connectivity index is 1.52. The molecule has 0 spiro atoms. The Hall–Kier alpha value is -1.81. The van der Waals surface area contributed by atoms with Crippen molar-refractivity contribution in [3.63, 3.8) is 0 Å². The second kappa shape index (κ2) is 7.64. The summed E-state index contributed by atoms with van der Waals surface area (Å²) in [7, 11) is 0. The molecule has 0 radical (unpaired) electrons. The number of pyridine rings is 1. The minimum Gasteiger partial charge on any atom is -0.335 e. The Labute approximate surface area is 142 Å². The van der Waals surface area contributed by atoms with E-state index < -0.39 is 0 Å². The summed E-state index contributed by atoms with van der Waals surface area (Å²) in [6.45, 7) is 2.81. The molecule has 0 atom stereocenters. The number of nitrogens with zero attached hydrogens (tertiary/aromatic N) is 2. The molecule has 1 aliphatic rings. The van der Waals surface area contributed by atoms with Crippen LogP contribution in [0.25, 0.3) is 0 Å². The first-order valence-corrected chi connectivity index (χ1v) is 9.19. The zero-order chi connectivity index (χ0) is 16.1. The van der Waals surface area contributed by atoms with Gasteiger partial charge >= 0.3 is 0 Å². The normalized spacial score (nSPS) is 13.8. The lowest BCUT2D eigenvalue weighted by Gasteiger charge is -2.22. The molecule has 0 saturated heterocycles. The van der Waals surface area contributed by atoms with Crippen LogP contribution >= 0.6 is 11.8 Å². The van der Waals surface area contributed by atoms with E-state index in [-0.39, 0.29) is 5.91 Å². The van der Waals surface area contributed by atoms with Crippen molar-refractivity contribution in [2.75, 3.05) is 5.75 Å². The fourth-order valence-electron chi connectivity index (χ4n) is 2.63. The minimum atomic E-state index is 0.252. The van der Waals surface area contributed by atoms with E-state index in [2.05, 4.69) is 36.2 Å². The van der Waals surface area contributed by atoms with E-state index in [0.717, 1.165) is 24.2 Å². The van der Waals surface area contributed by atoms with Gasteiger partial charge in [-0.25, -0.2) is 0 Å². The number of carbonyl (C=O) groups excluding carboxylic acids is 1. The van der Waals surface area contributed by atoms with Crippen LogP contribution in [0, 0.1) is 6.92 Å². The fourth-order valence-corrected chi connectivity index (χ4v) is 3.49. The second-order valence-electron chi connectivity index (χ2n) is 6.09. The number of benzene rings is 1. The van der Waals surface area contributed by atoms with Gasteiger partial charge in [-0.05, 0) is 43.0 Å². The first-order chi connectivity index (χ1) is 11.2. The summed E-state index contributed by atoms with van der Waals surface area (Å²) >= 11 is 1.70. The number of thioether (sulfide) groups is 1. The van der Waals surface area contributed by atoms with Gasteiger partial charge in [0.25, 0.3) is 0 Å². The molecule has 1 fully saturated rings. The summed E-state index contributed by atoms with van der Waals surface area (Å²) in [6.07, 6.45) is 5.85. The van der Waals surface area contributed by atoms with Crippen molar-refractivity contribution in [3.05, 3.63) is 65.5 Å². The van der Waals surface area contributed by atoms with Crippen molar-refractivity contribution in [3.8, 4) is 0 Å². The van der Waals surface area contributed by atoms with Crippen LogP contribution in [-0.2, 0) is 17.1 Å². The average Bonchev–Trinajstić information content (AvgIpc) is 3.38. The third kappa shape index (κ3) is 4.83. The quantitative estimate of drug-likeness (QED) is 0.775. The standard InChI is InChI=1S/C19H22N2OS/c1-15-3-2-4-17(11-15)13-23-14-19(22)21(18-5-6-18)12-16-7-9-20-10-8-16/h2-4,7-11,18H,5-6,12-14H2,1H3. The SMILES string of the molecule is Cc1cccc(CSCC(=O)N(Cc2ccncc2)C2CC2)c1. The van der Waals surface area contributed by atoms with Gasteiger partial charge in [-0.15, -0.1) is 11.8 Å². The van der Waals surface area contributed by atoms with Crippen LogP contribution in [0.1, 0.15) is 29.5 Å². The van der Waals surface area contributed by atoms with Crippen LogP contribution in [0.3, 0.4) is 0 Å². The lowest BCUT2D eigenvalue weighted by Crippen LogP contribution is -2.34. The molecule has 120 valence electrons. The highest BCUT2D eigenvalue weighted by Gasteiger charge is 2.32.